The number of nitrogens with zero attached hydrogens (tertiary/aromatic N) is 1. The lowest BCUT2D eigenvalue weighted by atomic mass is 10.1. The van der Waals surface area contributed by atoms with Gasteiger partial charge in [-0.25, -0.2) is 4.98 Å². The van der Waals surface area contributed by atoms with Crippen LogP contribution in [0, 0.1) is 0 Å². The fourth-order valence-electron chi connectivity index (χ4n) is 2.40. The van der Waals surface area contributed by atoms with Gasteiger partial charge < -0.3 is 10.1 Å². The lowest BCUT2D eigenvalue weighted by Crippen LogP contribution is -2.26. The first-order valence-electron chi connectivity index (χ1n) is 8.39. The van der Waals surface area contributed by atoms with Gasteiger partial charge in [-0.1, -0.05) is 30.3 Å². The van der Waals surface area contributed by atoms with E-state index in [1.165, 1.54) is 11.3 Å². The lowest BCUT2D eigenvalue weighted by Gasteiger charge is -2.05. The van der Waals surface area contributed by atoms with Crippen LogP contribution in [0.5, 0.6) is 5.75 Å². The van der Waals surface area contributed by atoms with Crippen molar-refractivity contribution in [3.63, 3.8) is 0 Å². The number of amides is 2. The van der Waals surface area contributed by atoms with E-state index in [0.29, 0.717) is 23.7 Å². The van der Waals surface area contributed by atoms with Crippen LogP contribution < -0.4 is 15.4 Å². The van der Waals surface area contributed by atoms with Gasteiger partial charge in [-0.05, 0) is 36.2 Å². The number of ether oxygens (including phenoxy) is 1. The Morgan fingerprint density at radius 2 is 1.78 bits per heavy atom. The van der Waals surface area contributed by atoms with E-state index in [9.17, 15) is 9.59 Å². The number of carbonyl (C=O) groups excluding carboxylic acids is 2. The molecule has 3 rings (SSSR count). The van der Waals surface area contributed by atoms with Crippen molar-refractivity contribution in [2.75, 3.05) is 19.0 Å². The highest BCUT2D eigenvalue weighted by Gasteiger charge is 2.13. The molecule has 0 aliphatic carbocycles. The zero-order chi connectivity index (χ0) is 19.1. The van der Waals surface area contributed by atoms with E-state index in [2.05, 4.69) is 15.6 Å². The minimum atomic E-state index is -0.264. The van der Waals surface area contributed by atoms with E-state index in [4.69, 9.17) is 4.74 Å². The van der Waals surface area contributed by atoms with Gasteiger partial charge in [0, 0.05) is 17.5 Å². The number of carbonyl (C=O) groups is 2. The molecule has 6 nitrogen and oxygen atoms in total. The predicted octanol–water partition coefficient (Wildman–Crippen LogP) is 3.38. The number of nitrogens with one attached hydrogen (secondary N) is 2. The Kier molecular flexibility index (Phi) is 6.17. The Labute approximate surface area is 161 Å². The molecule has 138 valence electrons. The molecule has 2 aromatic carbocycles. The molecule has 0 aliphatic heterocycles. The van der Waals surface area contributed by atoms with Gasteiger partial charge in [-0.3, -0.25) is 14.9 Å². The highest BCUT2D eigenvalue weighted by Crippen LogP contribution is 2.16. The largest absolute Gasteiger partial charge is 0.497 e. The Hall–Kier alpha value is -3.19. The Bertz CT molecular complexity index is 908. The molecule has 0 bridgehead atoms. The van der Waals surface area contributed by atoms with Crippen LogP contribution in [0.15, 0.2) is 60.0 Å². The smallest absolute Gasteiger partial charge is 0.270 e. The topological polar surface area (TPSA) is 80.3 Å². The average Bonchev–Trinajstić information content (AvgIpc) is 3.17. The van der Waals surface area contributed by atoms with E-state index in [-0.39, 0.29) is 17.5 Å². The number of hydrogen-bond acceptors (Lipinski definition) is 5. The van der Waals surface area contributed by atoms with Gasteiger partial charge in [0.25, 0.3) is 11.8 Å². The number of thiazole rings is 1. The van der Waals surface area contributed by atoms with Gasteiger partial charge in [0.1, 0.15) is 11.4 Å². The summed E-state index contributed by atoms with van der Waals surface area (Å²) in [4.78, 5) is 28.5. The fourth-order valence-corrected chi connectivity index (χ4v) is 3.08. The number of aromatic nitrogens is 1. The molecule has 0 saturated heterocycles. The first kappa shape index (κ1) is 18.6. The van der Waals surface area contributed by atoms with Crippen molar-refractivity contribution in [2.45, 2.75) is 6.42 Å². The van der Waals surface area contributed by atoms with E-state index >= 15 is 0 Å². The summed E-state index contributed by atoms with van der Waals surface area (Å²) in [6, 6.07) is 16.6. The van der Waals surface area contributed by atoms with Gasteiger partial charge in [0.15, 0.2) is 5.13 Å². The van der Waals surface area contributed by atoms with E-state index in [1.807, 2.05) is 30.3 Å². The van der Waals surface area contributed by atoms with E-state index in [0.717, 1.165) is 11.3 Å². The normalized spacial score (nSPS) is 10.3. The Balaban J connectivity index is 1.50. The maximum Gasteiger partial charge on any atom is 0.270 e. The van der Waals surface area contributed by atoms with Crippen LogP contribution in [-0.2, 0) is 6.42 Å². The molecule has 0 radical (unpaired) electrons. The monoisotopic (exact) mass is 381 g/mol. The maximum atomic E-state index is 12.2. The molecule has 0 unspecified atom stereocenters. The summed E-state index contributed by atoms with van der Waals surface area (Å²) in [6.45, 7) is 0.494. The number of anilines is 1. The maximum absolute atomic E-state index is 12.2. The van der Waals surface area contributed by atoms with Crippen LogP contribution in [-0.4, -0.2) is 30.5 Å². The van der Waals surface area contributed by atoms with Crippen LogP contribution in [0.25, 0.3) is 0 Å². The highest BCUT2D eigenvalue weighted by atomic mass is 32.1. The quantitative estimate of drug-likeness (QED) is 0.657. The molecule has 0 saturated carbocycles. The molecule has 1 heterocycles. The second-order valence-corrected chi connectivity index (χ2v) is 6.57. The summed E-state index contributed by atoms with van der Waals surface area (Å²) >= 11 is 1.22. The zero-order valence-electron chi connectivity index (χ0n) is 14.8. The van der Waals surface area contributed by atoms with Crippen LogP contribution in [0.1, 0.15) is 26.4 Å². The first-order chi connectivity index (χ1) is 13.2. The molecule has 7 heteroatoms. The van der Waals surface area contributed by atoms with Crippen molar-refractivity contribution in [2.24, 2.45) is 0 Å². The van der Waals surface area contributed by atoms with Gasteiger partial charge in [-0.15, -0.1) is 11.3 Å². The second kappa shape index (κ2) is 8.95. The molecule has 0 aliphatic rings. The first-order valence-corrected chi connectivity index (χ1v) is 9.27. The van der Waals surface area contributed by atoms with E-state index < -0.39 is 0 Å². The summed E-state index contributed by atoms with van der Waals surface area (Å²) in [7, 11) is 1.62. The Morgan fingerprint density at radius 1 is 1.04 bits per heavy atom. The molecular weight excluding hydrogens is 362 g/mol. The van der Waals surface area contributed by atoms with Crippen LogP contribution in [0.2, 0.25) is 0 Å². The van der Waals surface area contributed by atoms with Gasteiger partial charge in [-0.2, -0.15) is 0 Å². The molecule has 2 N–H and O–H groups in total. The third-order valence-corrected chi connectivity index (χ3v) is 4.61. The average molecular weight is 381 g/mol. The van der Waals surface area contributed by atoms with Crippen LogP contribution >= 0.6 is 11.3 Å². The number of rotatable bonds is 7. The molecule has 3 aromatic rings. The van der Waals surface area contributed by atoms with Crippen molar-refractivity contribution in [3.8, 4) is 5.75 Å². The summed E-state index contributed by atoms with van der Waals surface area (Å²) in [5.74, 6) is 0.284. The second-order valence-electron chi connectivity index (χ2n) is 5.71. The highest BCUT2D eigenvalue weighted by molar-refractivity contribution is 7.14. The fraction of sp³-hybridized carbons (Fsp3) is 0.150. The van der Waals surface area contributed by atoms with Crippen molar-refractivity contribution >= 4 is 28.3 Å². The third-order valence-electron chi connectivity index (χ3n) is 3.85. The summed E-state index contributed by atoms with van der Waals surface area (Å²) in [6.07, 6.45) is 0.706. The molecule has 0 fully saturated rings. The standard InChI is InChI=1S/C20H19N3O3S/c1-26-16-9-7-14(8-10-16)11-12-21-19(25)17-13-27-20(22-17)23-18(24)15-5-3-2-4-6-15/h2-10,13H,11-12H2,1H3,(H,21,25)(H,22,23,24). The lowest BCUT2D eigenvalue weighted by molar-refractivity contribution is 0.0948. The van der Waals surface area contributed by atoms with Crippen molar-refractivity contribution < 1.29 is 14.3 Å². The minimum absolute atomic E-state index is 0.253. The number of benzene rings is 2. The molecule has 0 spiro atoms. The van der Waals surface area contributed by atoms with Crippen LogP contribution in [0.4, 0.5) is 5.13 Å². The third kappa shape index (κ3) is 5.15. The molecule has 27 heavy (non-hydrogen) atoms. The summed E-state index contributed by atoms with van der Waals surface area (Å²) in [5, 5.41) is 7.56. The summed E-state index contributed by atoms with van der Waals surface area (Å²) < 4.78 is 5.12. The van der Waals surface area contributed by atoms with Crippen molar-refractivity contribution in [1.29, 1.82) is 0 Å². The molecule has 1 aromatic heterocycles. The molecule has 0 atom stereocenters. The van der Waals surface area contributed by atoms with Gasteiger partial charge in [0.05, 0.1) is 7.11 Å². The van der Waals surface area contributed by atoms with Crippen LogP contribution in [0.3, 0.4) is 0 Å². The van der Waals surface area contributed by atoms with Crippen molar-refractivity contribution in [3.05, 3.63) is 76.8 Å². The Morgan fingerprint density at radius 3 is 2.48 bits per heavy atom. The van der Waals surface area contributed by atoms with Gasteiger partial charge >= 0.3 is 0 Å². The van der Waals surface area contributed by atoms with Gasteiger partial charge in [0.2, 0.25) is 0 Å². The SMILES string of the molecule is COc1ccc(CCNC(=O)c2csc(NC(=O)c3ccccc3)n2)cc1. The zero-order valence-corrected chi connectivity index (χ0v) is 15.6. The number of hydrogen-bond donors (Lipinski definition) is 2. The molecular formula is C20H19N3O3S. The summed E-state index contributed by atoms with van der Waals surface area (Å²) in [5.41, 5.74) is 1.93. The molecule has 2 amide bonds. The van der Waals surface area contributed by atoms with E-state index in [1.54, 1.807) is 36.8 Å². The predicted molar refractivity (Wildman–Crippen MR) is 106 cm³/mol. The van der Waals surface area contributed by atoms with Crippen molar-refractivity contribution in [1.82, 2.24) is 10.3 Å². The number of methoxy groups -OCH3 is 1. The minimum Gasteiger partial charge on any atom is -0.497 e.